The molecular weight excluding hydrogens is 241 g/mol. The molecule has 0 aliphatic carbocycles. The number of piperazine rings is 1. The molecule has 19 heavy (non-hydrogen) atoms. The van der Waals surface area contributed by atoms with Gasteiger partial charge >= 0.3 is 0 Å². The van der Waals surface area contributed by atoms with E-state index < -0.39 is 0 Å². The maximum absolute atomic E-state index is 14.0. The Morgan fingerprint density at radius 2 is 2.00 bits per heavy atom. The quantitative estimate of drug-likeness (QED) is 0.892. The first-order chi connectivity index (χ1) is 9.18. The Morgan fingerprint density at radius 3 is 2.68 bits per heavy atom. The predicted octanol–water partition coefficient (Wildman–Crippen LogP) is 2.03. The second-order valence-electron chi connectivity index (χ2n) is 5.29. The number of aryl methyl sites for hydroxylation is 2. The van der Waals surface area contributed by atoms with E-state index in [4.69, 9.17) is 0 Å². The molecule has 0 spiro atoms. The van der Waals surface area contributed by atoms with Gasteiger partial charge in [0.25, 0.3) is 0 Å². The molecule has 3 nitrogen and oxygen atoms in total. The summed E-state index contributed by atoms with van der Waals surface area (Å²) in [6.07, 6.45) is 0. The summed E-state index contributed by atoms with van der Waals surface area (Å²) in [5, 5.41) is 4.39. The van der Waals surface area contributed by atoms with Crippen LogP contribution in [0.1, 0.15) is 11.3 Å². The van der Waals surface area contributed by atoms with Crippen molar-refractivity contribution in [1.82, 2.24) is 14.8 Å². The molecule has 4 heteroatoms. The first-order valence-corrected chi connectivity index (χ1v) is 6.84. The SMILES string of the molecule is Cc1c(CN2CCNCC2)n(C)c2c(F)cccc12. The van der Waals surface area contributed by atoms with Crippen LogP contribution in [-0.4, -0.2) is 35.6 Å². The van der Waals surface area contributed by atoms with Crippen molar-refractivity contribution in [3.05, 3.63) is 35.3 Å². The summed E-state index contributed by atoms with van der Waals surface area (Å²) in [7, 11) is 1.97. The van der Waals surface area contributed by atoms with Crippen LogP contribution in [0.4, 0.5) is 4.39 Å². The van der Waals surface area contributed by atoms with Gasteiger partial charge in [-0.3, -0.25) is 4.90 Å². The van der Waals surface area contributed by atoms with Gasteiger partial charge in [-0.1, -0.05) is 12.1 Å². The van der Waals surface area contributed by atoms with Gasteiger partial charge in [0.2, 0.25) is 0 Å². The van der Waals surface area contributed by atoms with Crippen molar-refractivity contribution in [3.8, 4) is 0 Å². The Labute approximate surface area is 113 Å². The molecule has 2 aromatic rings. The molecule has 1 fully saturated rings. The molecule has 0 atom stereocenters. The summed E-state index contributed by atoms with van der Waals surface area (Å²) in [6, 6.07) is 5.34. The fraction of sp³-hybridized carbons (Fsp3) is 0.467. The highest BCUT2D eigenvalue weighted by atomic mass is 19.1. The number of hydrogen-bond acceptors (Lipinski definition) is 2. The molecule has 0 saturated carbocycles. The minimum absolute atomic E-state index is 0.130. The Balaban J connectivity index is 2.01. The molecule has 1 aromatic heterocycles. The Morgan fingerprint density at radius 1 is 1.26 bits per heavy atom. The lowest BCUT2D eigenvalue weighted by atomic mass is 10.1. The van der Waals surface area contributed by atoms with Crippen molar-refractivity contribution >= 4 is 10.9 Å². The minimum atomic E-state index is -0.130. The minimum Gasteiger partial charge on any atom is -0.344 e. The monoisotopic (exact) mass is 261 g/mol. The van der Waals surface area contributed by atoms with E-state index in [9.17, 15) is 4.39 Å². The van der Waals surface area contributed by atoms with E-state index in [0.29, 0.717) is 0 Å². The van der Waals surface area contributed by atoms with Crippen molar-refractivity contribution in [2.75, 3.05) is 26.2 Å². The van der Waals surface area contributed by atoms with Gasteiger partial charge in [-0.05, 0) is 18.6 Å². The maximum atomic E-state index is 14.0. The van der Waals surface area contributed by atoms with Gasteiger partial charge in [0.1, 0.15) is 5.82 Å². The van der Waals surface area contributed by atoms with Gasteiger partial charge in [0.05, 0.1) is 5.52 Å². The van der Waals surface area contributed by atoms with Crippen LogP contribution in [-0.2, 0) is 13.6 Å². The lowest BCUT2D eigenvalue weighted by Crippen LogP contribution is -2.43. The van der Waals surface area contributed by atoms with E-state index in [1.165, 1.54) is 17.3 Å². The van der Waals surface area contributed by atoms with Gasteiger partial charge in [-0.25, -0.2) is 4.39 Å². The molecule has 1 aliphatic heterocycles. The number of para-hydroxylation sites is 1. The van der Waals surface area contributed by atoms with E-state index in [-0.39, 0.29) is 5.82 Å². The van der Waals surface area contributed by atoms with E-state index in [1.54, 1.807) is 6.07 Å². The van der Waals surface area contributed by atoms with Crippen LogP contribution in [0.5, 0.6) is 0 Å². The number of halogens is 1. The highest BCUT2D eigenvalue weighted by molar-refractivity contribution is 5.85. The second-order valence-corrected chi connectivity index (χ2v) is 5.29. The van der Waals surface area contributed by atoms with Crippen molar-refractivity contribution < 1.29 is 4.39 Å². The van der Waals surface area contributed by atoms with Crippen molar-refractivity contribution in [1.29, 1.82) is 0 Å². The molecule has 0 radical (unpaired) electrons. The van der Waals surface area contributed by atoms with Crippen molar-refractivity contribution in [2.24, 2.45) is 7.05 Å². The van der Waals surface area contributed by atoms with E-state index >= 15 is 0 Å². The molecule has 0 amide bonds. The van der Waals surface area contributed by atoms with E-state index in [0.717, 1.165) is 43.6 Å². The van der Waals surface area contributed by atoms with E-state index in [2.05, 4.69) is 17.1 Å². The molecule has 1 aliphatic rings. The number of aromatic nitrogens is 1. The van der Waals surface area contributed by atoms with Crippen LogP contribution >= 0.6 is 0 Å². The highest BCUT2D eigenvalue weighted by Crippen LogP contribution is 2.27. The summed E-state index contributed by atoms with van der Waals surface area (Å²) in [5.74, 6) is -0.130. The molecular formula is C15H20FN3. The third-order valence-corrected chi connectivity index (χ3v) is 4.15. The molecule has 3 rings (SSSR count). The molecule has 2 heterocycles. The number of hydrogen-bond donors (Lipinski definition) is 1. The number of rotatable bonds is 2. The average molecular weight is 261 g/mol. The van der Waals surface area contributed by atoms with Crippen LogP contribution in [0, 0.1) is 12.7 Å². The molecule has 0 unspecified atom stereocenters. The van der Waals surface area contributed by atoms with Gasteiger partial charge in [-0.15, -0.1) is 0 Å². The third-order valence-electron chi connectivity index (χ3n) is 4.15. The number of nitrogens with one attached hydrogen (secondary N) is 1. The second kappa shape index (κ2) is 4.94. The number of fused-ring (bicyclic) bond motifs is 1. The standard InChI is InChI=1S/C15H20FN3/c1-11-12-4-3-5-13(16)15(12)18(2)14(11)10-19-8-6-17-7-9-19/h3-5,17H,6-10H2,1-2H3. The first-order valence-electron chi connectivity index (χ1n) is 6.84. The Hall–Kier alpha value is -1.39. The smallest absolute Gasteiger partial charge is 0.147 e. The Bertz CT molecular complexity index is 597. The fourth-order valence-corrected chi connectivity index (χ4v) is 3.01. The van der Waals surface area contributed by atoms with Crippen LogP contribution in [0.3, 0.4) is 0 Å². The third kappa shape index (κ3) is 2.15. The van der Waals surface area contributed by atoms with Gasteiger partial charge < -0.3 is 9.88 Å². The molecule has 1 N–H and O–H groups in total. The first kappa shape index (κ1) is 12.6. The summed E-state index contributed by atoms with van der Waals surface area (Å²) >= 11 is 0. The predicted molar refractivity (Wildman–Crippen MR) is 75.8 cm³/mol. The lowest BCUT2D eigenvalue weighted by molar-refractivity contribution is 0.228. The molecule has 1 aromatic carbocycles. The topological polar surface area (TPSA) is 20.2 Å². The number of benzene rings is 1. The molecule has 1 saturated heterocycles. The lowest BCUT2D eigenvalue weighted by Gasteiger charge is -2.27. The van der Waals surface area contributed by atoms with Gasteiger partial charge in [0, 0.05) is 50.9 Å². The maximum Gasteiger partial charge on any atom is 0.147 e. The highest BCUT2D eigenvalue weighted by Gasteiger charge is 2.18. The van der Waals surface area contributed by atoms with Crippen LogP contribution < -0.4 is 5.32 Å². The summed E-state index contributed by atoms with van der Waals surface area (Å²) in [5.41, 5.74) is 3.16. The summed E-state index contributed by atoms with van der Waals surface area (Å²) < 4.78 is 16.0. The zero-order valence-corrected chi connectivity index (χ0v) is 11.5. The average Bonchev–Trinajstić information content (AvgIpc) is 2.66. The largest absolute Gasteiger partial charge is 0.344 e. The van der Waals surface area contributed by atoms with Gasteiger partial charge in [0.15, 0.2) is 0 Å². The molecule has 102 valence electrons. The van der Waals surface area contributed by atoms with Gasteiger partial charge in [-0.2, -0.15) is 0 Å². The normalized spacial score (nSPS) is 17.2. The van der Waals surface area contributed by atoms with E-state index in [1.807, 2.05) is 17.7 Å². The fourth-order valence-electron chi connectivity index (χ4n) is 3.01. The van der Waals surface area contributed by atoms with Crippen LogP contribution in [0.2, 0.25) is 0 Å². The van der Waals surface area contributed by atoms with Crippen LogP contribution in [0.25, 0.3) is 10.9 Å². The Kier molecular flexibility index (Phi) is 3.29. The summed E-state index contributed by atoms with van der Waals surface area (Å²) in [4.78, 5) is 2.43. The zero-order chi connectivity index (χ0) is 13.4. The zero-order valence-electron chi connectivity index (χ0n) is 11.5. The van der Waals surface area contributed by atoms with Crippen molar-refractivity contribution in [3.63, 3.8) is 0 Å². The molecule has 0 bridgehead atoms. The summed E-state index contributed by atoms with van der Waals surface area (Å²) in [6.45, 7) is 7.19. The number of nitrogens with zero attached hydrogens (tertiary/aromatic N) is 2. The van der Waals surface area contributed by atoms with Crippen LogP contribution in [0.15, 0.2) is 18.2 Å². The van der Waals surface area contributed by atoms with Crippen molar-refractivity contribution in [2.45, 2.75) is 13.5 Å².